The third-order valence-electron chi connectivity index (χ3n) is 3.17. The Kier molecular flexibility index (Phi) is 4.57. The van der Waals surface area contributed by atoms with E-state index in [0.717, 1.165) is 6.29 Å². The van der Waals surface area contributed by atoms with Gasteiger partial charge in [-0.25, -0.2) is 9.78 Å². The molecule has 1 heterocycles. The van der Waals surface area contributed by atoms with Crippen molar-refractivity contribution in [1.82, 2.24) is 14.5 Å². The van der Waals surface area contributed by atoms with E-state index in [4.69, 9.17) is 4.74 Å². The van der Waals surface area contributed by atoms with Gasteiger partial charge < -0.3 is 14.1 Å². The molecule has 6 nitrogen and oxygen atoms in total. The zero-order valence-electron chi connectivity index (χ0n) is 13.0. The quantitative estimate of drug-likeness (QED) is 0.793. The molecule has 0 radical (unpaired) electrons. The third-order valence-corrected chi connectivity index (χ3v) is 3.17. The highest BCUT2D eigenvalue weighted by atomic mass is 16.6. The largest absolute Gasteiger partial charge is 0.444 e. The average molecular weight is 281 g/mol. The summed E-state index contributed by atoms with van der Waals surface area (Å²) in [5, 5.41) is 0. The Morgan fingerprint density at radius 3 is 2.50 bits per heavy atom. The van der Waals surface area contributed by atoms with E-state index in [0.29, 0.717) is 12.2 Å². The Morgan fingerprint density at radius 1 is 1.45 bits per heavy atom. The van der Waals surface area contributed by atoms with Gasteiger partial charge in [0.25, 0.3) is 0 Å². The first-order chi connectivity index (χ1) is 9.15. The van der Waals surface area contributed by atoms with E-state index >= 15 is 0 Å². The fraction of sp³-hybridized carbons (Fsp3) is 0.643. The van der Waals surface area contributed by atoms with Crippen LogP contribution in [-0.2, 0) is 21.6 Å². The molecule has 112 valence electrons. The average Bonchev–Trinajstić information content (AvgIpc) is 2.83. The molecule has 1 atom stereocenters. The van der Waals surface area contributed by atoms with Gasteiger partial charge in [0.2, 0.25) is 0 Å². The van der Waals surface area contributed by atoms with Crippen molar-refractivity contribution in [3.05, 3.63) is 18.2 Å². The van der Waals surface area contributed by atoms with Crippen molar-refractivity contribution < 1.29 is 14.3 Å². The zero-order chi connectivity index (χ0) is 15.6. The molecule has 6 heteroatoms. The fourth-order valence-corrected chi connectivity index (χ4v) is 1.83. The second kappa shape index (κ2) is 5.64. The van der Waals surface area contributed by atoms with E-state index in [2.05, 4.69) is 4.98 Å². The number of aryl methyl sites for hydroxylation is 1. The number of aldehydes is 1. The molecule has 0 aromatic carbocycles. The van der Waals surface area contributed by atoms with E-state index in [9.17, 15) is 9.59 Å². The summed E-state index contributed by atoms with van der Waals surface area (Å²) in [6.45, 7) is 9.64. The molecule has 0 spiro atoms. The molecule has 0 saturated heterocycles. The Labute approximate surface area is 119 Å². The molecule has 20 heavy (non-hydrogen) atoms. The molecule has 1 unspecified atom stereocenters. The normalized spacial score (nSPS) is 14.5. The number of imidazole rings is 1. The summed E-state index contributed by atoms with van der Waals surface area (Å²) >= 11 is 0. The van der Waals surface area contributed by atoms with Crippen LogP contribution in [0.1, 0.15) is 40.3 Å². The van der Waals surface area contributed by atoms with Crippen molar-refractivity contribution in [2.24, 2.45) is 0 Å². The highest BCUT2D eigenvalue weighted by molar-refractivity contribution is 5.77. The molecule has 0 fully saturated rings. The van der Waals surface area contributed by atoms with Crippen LogP contribution in [0.25, 0.3) is 0 Å². The van der Waals surface area contributed by atoms with Crippen LogP contribution in [0.4, 0.5) is 4.79 Å². The minimum Gasteiger partial charge on any atom is -0.444 e. The molecule has 0 saturated carbocycles. The van der Waals surface area contributed by atoms with Gasteiger partial charge in [-0.15, -0.1) is 0 Å². The second-order valence-electron chi connectivity index (χ2n) is 5.87. The molecule has 1 amide bonds. The van der Waals surface area contributed by atoms with Crippen LogP contribution in [0, 0.1) is 0 Å². The van der Waals surface area contributed by atoms with Crippen LogP contribution in [-0.4, -0.2) is 39.5 Å². The fourth-order valence-electron chi connectivity index (χ4n) is 1.83. The number of amides is 1. The standard InChI is InChI=1S/C14H23N3O3/c1-7-17-10-15-8-11(17)14(5,9-18)16(6)12(19)20-13(2,3)4/h8-10H,7H2,1-6H3. The van der Waals surface area contributed by atoms with Crippen molar-refractivity contribution >= 4 is 12.4 Å². The SMILES string of the molecule is CCn1cncc1C(C)(C=O)N(C)C(=O)OC(C)(C)C. The lowest BCUT2D eigenvalue weighted by Gasteiger charge is -2.35. The predicted octanol–water partition coefficient (Wildman–Crippen LogP) is 2.18. The molecule has 0 N–H and O–H groups in total. The maximum atomic E-state index is 12.2. The van der Waals surface area contributed by atoms with E-state index in [1.54, 1.807) is 47.3 Å². The maximum absolute atomic E-state index is 12.2. The van der Waals surface area contributed by atoms with Crippen LogP contribution in [0.15, 0.2) is 12.5 Å². The Hall–Kier alpha value is -1.85. The Morgan fingerprint density at radius 2 is 2.05 bits per heavy atom. The monoisotopic (exact) mass is 281 g/mol. The summed E-state index contributed by atoms with van der Waals surface area (Å²) in [5.41, 5.74) is -1.07. The van der Waals surface area contributed by atoms with Crippen LogP contribution < -0.4 is 0 Å². The van der Waals surface area contributed by atoms with Gasteiger partial charge in [-0.05, 0) is 34.6 Å². The van der Waals surface area contributed by atoms with Crippen molar-refractivity contribution in [2.75, 3.05) is 7.05 Å². The van der Waals surface area contributed by atoms with E-state index in [1.165, 1.54) is 4.90 Å². The Bertz CT molecular complexity index is 490. The summed E-state index contributed by atoms with van der Waals surface area (Å²) in [4.78, 5) is 29.1. The molecular weight excluding hydrogens is 258 g/mol. The molecule has 0 aliphatic rings. The first kappa shape index (κ1) is 16.2. The molecule has 0 aliphatic carbocycles. The second-order valence-corrected chi connectivity index (χ2v) is 5.87. The van der Waals surface area contributed by atoms with Gasteiger partial charge in [-0.2, -0.15) is 0 Å². The molecular formula is C14H23N3O3. The van der Waals surface area contributed by atoms with Gasteiger partial charge in [0.1, 0.15) is 11.1 Å². The van der Waals surface area contributed by atoms with Gasteiger partial charge in [-0.1, -0.05) is 0 Å². The lowest BCUT2D eigenvalue weighted by molar-refractivity contribution is -0.117. The number of carbonyl (C=O) groups is 2. The van der Waals surface area contributed by atoms with Crippen LogP contribution in [0.2, 0.25) is 0 Å². The molecule has 0 aliphatic heterocycles. The van der Waals surface area contributed by atoms with Crippen molar-refractivity contribution in [3.8, 4) is 0 Å². The minimum absolute atomic E-state index is 0.545. The summed E-state index contributed by atoms with van der Waals surface area (Å²) in [6.07, 6.45) is 3.43. The number of carbonyl (C=O) groups excluding carboxylic acids is 2. The predicted molar refractivity (Wildman–Crippen MR) is 75.3 cm³/mol. The van der Waals surface area contributed by atoms with Crippen LogP contribution >= 0.6 is 0 Å². The number of nitrogens with zero attached hydrogens (tertiary/aromatic N) is 3. The summed E-state index contributed by atoms with van der Waals surface area (Å²) in [7, 11) is 1.55. The molecule has 1 aromatic rings. The molecule has 1 aromatic heterocycles. The van der Waals surface area contributed by atoms with Crippen LogP contribution in [0.3, 0.4) is 0 Å². The number of aromatic nitrogens is 2. The van der Waals surface area contributed by atoms with E-state index in [-0.39, 0.29) is 0 Å². The van der Waals surface area contributed by atoms with Crippen molar-refractivity contribution in [2.45, 2.75) is 52.3 Å². The van der Waals surface area contributed by atoms with Gasteiger partial charge in [0.15, 0.2) is 6.29 Å². The summed E-state index contributed by atoms with van der Waals surface area (Å²) in [6, 6.07) is 0. The number of likely N-dealkylation sites (N-methyl/N-ethyl adjacent to an activating group) is 1. The smallest absolute Gasteiger partial charge is 0.411 e. The molecule has 1 rings (SSSR count). The third kappa shape index (κ3) is 3.18. The van der Waals surface area contributed by atoms with Gasteiger partial charge in [0, 0.05) is 13.6 Å². The number of hydrogen-bond donors (Lipinski definition) is 0. The van der Waals surface area contributed by atoms with Crippen molar-refractivity contribution in [3.63, 3.8) is 0 Å². The lowest BCUT2D eigenvalue weighted by atomic mass is 9.98. The number of ether oxygens (including phenoxy) is 1. The maximum Gasteiger partial charge on any atom is 0.411 e. The van der Waals surface area contributed by atoms with Gasteiger partial charge in [0.05, 0.1) is 18.2 Å². The lowest BCUT2D eigenvalue weighted by Crippen LogP contribution is -2.49. The highest BCUT2D eigenvalue weighted by Crippen LogP contribution is 2.26. The Balaban J connectivity index is 3.11. The van der Waals surface area contributed by atoms with Crippen LogP contribution in [0.5, 0.6) is 0 Å². The minimum atomic E-state index is -1.12. The zero-order valence-corrected chi connectivity index (χ0v) is 13.0. The van der Waals surface area contributed by atoms with E-state index in [1.807, 2.05) is 11.5 Å². The van der Waals surface area contributed by atoms with Gasteiger partial charge >= 0.3 is 6.09 Å². The van der Waals surface area contributed by atoms with E-state index < -0.39 is 17.2 Å². The van der Waals surface area contributed by atoms with Crippen molar-refractivity contribution in [1.29, 1.82) is 0 Å². The highest BCUT2D eigenvalue weighted by Gasteiger charge is 2.39. The van der Waals surface area contributed by atoms with Gasteiger partial charge in [-0.3, -0.25) is 4.90 Å². The first-order valence-corrected chi connectivity index (χ1v) is 6.59. The molecule has 0 bridgehead atoms. The number of rotatable bonds is 4. The topological polar surface area (TPSA) is 64.4 Å². The summed E-state index contributed by atoms with van der Waals surface area (Å²) in [5.74, 6) is 0. The number of hydrogen-bond acceptors (Lipinski definition) is 4. The summed E-state index contributed by atoms with van der Waals surface area (Å²) < 4.78 is 7.15. The first-order valence-electron chi connectivity index (χ1n) is 6.59.